The highest BCUT2D eigenvalue weighted by Crippen LogP contribution is 2.30. The van der Waals surface area contributed by atoms with Crippen LogP contribution in [0.15, 0.2) is 97.1 Å². The van der Waals surface area contributed by atoms with E-state index in [1.807, 2.05) is 78.9 Å². The molecule has 242 valence electrons. The second kappa shape index (κ2) is 14.8. The number of ether oxygens (including phenoxy) is 2. The molecule has 5 aromatic rings. The predicted octanol–water partition coefficient (Wildman–Crippen LogP) is 6.51. The molecular weight excluding hydrogens is 588 g/mol. The van der Waals surface area contributed by atoms with Crippen LogP contribution in [0.25, 0.3) is 11.0 Å². The van der Waals surface area contributed by atoms with Gasteiger partial charge in [0.1, 0.15) is 18.0 Å². The molecule has 1 fully saturated rings. The third-order valence-corrected chi connectivity index (χ3v) is 9.15. The highest BCUT2D eigenvalue weighted by Gasteiger charge is 2.33. The Balaban J connectivity index is 1.18. The topological polar surface area (TPSA) is 105 Å². The molecule has 1 aromatic heterocycles. The van der Waals surface area contributed by atoms with Gasteiger partial charge in [-0.1, -0.05) is 84.9 Å². The van der Waals surface area contributed by atoms with Crippen molar-refractivity contribution in [2.75, 3.05) is 20.2 Å². The van der Waals surface area contributed by atoms with Gasteiger partial charge in [-0.15, -0.1) is 0 Å². The molecule has 3 N–H and O–H groups in total. The van der Waals surface area contributed by atoms with E-state index in [0.29, 0.717) is 6.54 Å². The van der Waals surface area contributed by atoms with Gasteiger partial charge in [-0.05, 0) is 72.2 Å². The van der Waals surface area contributed by atoms with Gasteiger partial charge in [-0.25, -0.2) is 9.78 Å². The van der Waals surface area contributed by atoms with Gasteiger partial charge in [-0.3, -0.25) is 4.79 Å². The molecule has 0 spiro atoms. The summed E-state index contributed by atoms with van der Waals surface area (Å²) in [6, 6.07) is 31.1. The zero-order chi connectivity index (χ0) is 32.8. The van der Waals surface area contributed by atoms with Crippen LogP contribution in [0.4, 0.5) is 4.79 Å². The summed E-state index contributed by atoms with van der Waals surface area (Å²) in [6.45, 7) is 5.65. The maximum absolute atomic E-state index is 14.2. The number of rotatable bonds is 11. The van der Waals surface area contributed by atoms with Crippen molar-refractivity contribution in [1.29, 1.82) is 0 Å². The van der Waals surface area contributed by atoms with E-state index in [2.05, 4.69) is 47.7 Å². The number of imidazole rings is 1. The van der Waals surface area contributed by atoms with Crippen LogP contribution in [-0.4, -0.2) is 54.2 Å². The van der Waals surface area contributed by atoms with Gasteiger partial charge < -0.3 is 25.1 Å². The van der Waals surface area contributed by atoms with Gasteiger partial charge in [0.05, 0.1) is 24.2 Å². The second-order valence-electron chi connectivity index (χ2n) is 12.3. The van der Waals surface area contributed by atoms with E-state index < -0.39 is 12.1 Å². The van der Waals surface area contributed by atoms with Crippen LogP contribution in [0.3, 0.4) is 0 Å². The molecular formula is C39H42N4O4. The van der Waals surface area contributed by atoms with Gasteiger partial charge in [-0.2, -0.15) is 0 Å². The minimum absolute atomic E-state index is 0.0107. The summed E-state index contributed by atoms with van der Waals surface area (Å²) < 4.78 is 11.5. The molecule has 8 nitrogen and oxygen atoms in total. The fourth-order valence-corrected chi connectivity index (χ4v) is 6.50. The number of carbonyl (C=O) groups is 2. The number of aromatic nitrogens is 2. The number of nitrogens with one attached hydrogen (secondary N) is 3. The Hall–Kier alpha value is -4.79. The Morgan fingerprint density at radius 2 is 1.53 bits per heavy atom. The fraction of sp³-hybridized carbons (Fsp3) is 0.308. The molecule has 8 heteroatoms. The molecule has 0 bridgehead atoms. The number of methoxy groups -OCH3 is 1. The monoisotopic (exact) mass is 630 g/mol. The van der Waals surface area contributed by atoms with Crippen LogP contribution in [0.2, 0.25) is 0 Å². The smallest absolute Gasteiger partial charge is 0.407 e. The number of morpholine rings is 1. The van der Waals surface area contributed by atoms with E-state index >= 15 is 0 Å². The first-order valence-electron chi connectivity index (χ1n) is 16.3. The van der Waals surface area contributed by atoms with Crippen LogP contribution in [0.5, 0.6) is 0 Å². The van der Waals surface area contributed by atoms with Gasteiger partial charge in [0.15, 0.2) is 5.78 Å². The standard InChI is InChI=1S/C39H42N4O4/c1-25-20-32-33(21-26(25)2)42-38(41-32)35-24-40-23-31(47-35)19-18-27-12-10-11-17-30(27)22-34(44)37(43-39(45)46-3)36(28-13-6-4-7-14-28)29-15-8-5-9-16-29/h4-17,20-21,31,35-37,40H,18-19,22-24H2,1-3H3,(H,41,42)(H,43,45)/t31-,35+,37-/m1/s1. The van der Waals surface area contributed by atoms with E-state index in [4.69, 9.17) is 14.5 Å². The van der Waals surface area contributed by atoms with Crippen molar-refractivity contribution >= 4 is 22.9 Å². The van der Waals surface area contributed by atoms with Crippen LogP contribution >= 0.6 is 0 Å². The number of carbonyl (C=O) groups excluding carboxylic acids is 2. The van der Waals surface area contributed by atoms with Gasteiger partial charge >= 0.3 is 6.09 Å². The molecule has 1 aliphatic heterocycles. The van der Waals surface area contributed by atoms with E-state index in [-0.39, 0.29) is 30.3 Å². The molecule has 1 aliphatic rings. The third-order valence-electron chi connectivity index (χ3n) is 9.15. The maximum atomic E-state index is 14.2. The lowest BCUT2D eigenvalue weighted by Crippen LogP contribution is -2.46. The van der Waals surface area contributed by atoms with Crippen molar-refractivity contribution in [3.8, 4) is 0 Å². The number of fused-ring (bicyclic) bond motifs is 1. The SMILES string of the molecule is COC(=O)N[C@H](C(=O)Cc1ccccc1CC[C@@H]1CNC[C@@H](c2nc3cc(C)c(C)cc3[nH]2)O1)C(c1ccccc1)c1ccccc1. The van der Waals surface area contributed by atoms with Crippen LogP contribution < -0.4 is 10.6 Å². The number of hydrogen-bond donors (Lipinski definition) is 3. The molecule has 3 atom stereocenters. The number of aromatic amines is 1. The summed E-state index contributed by atoms with van der Waals surface area (Å²) in [5.41, 5.74) is 8.33. The summed E-state index contributed by atoms with van der Waals surface area (Å²) in [6.07, 6.45) is 0.885. The number of H-pyrrole nitrogens is 1. The molecule has 4 aromatic carbocycles. The largest absolute Gasteiger partial charge is 0.453 e. The molecule has 0 saturated carbocycles. The Bertz CT molecular complexity index is 1740. The average Bonchev–Trinajstić information content (AvgIpc) is 3.51. The van der Waals surface area contributed by atoms with Gasteiger partial charge in [0.2, 0.25) is 0 Å². The number of nitrogens with zero attached hydrogens (tertiary/aromatic N) is 1. The normalized spacial score (nSPS) is 17.0. The van der Waals surface area contributed by atoms with Crippen LogP contribution in [-0.2, 0) is 27.1 Å². The summed E-state index contributed by atoms with van der Waals surface area (Å²) in [7, 11) is 1.31. The molecule has 2 heterocycles. The lowest BCUT2D eigenvalue weighted by molar-refractivity contribution is -0.120. The molecule has 6 rings (SSSR count). The third kappa shape index (κ3) is 7.62. The van der Waals surface area contributed by atoms with Crippen molar-refractivity contribution in [3.05, 3.63) is 136 Å². The Morgan fingerprint density at radius 1 is 0.894 bits per heavy atom. The van der Waals surface area contributed by atoms with E-state index in [0.717, 1.165) is 58.5 Å². The maximum Gasteiger partial charge on any atom is 0.407 e. The number of benzene rings is 4. The highest BCUT2D eigenvalue weighted by molar-refractivity contribution is 5.91. The zero-order valence-corrected chi connectivity index (χ0v) is 27.2. The van der Waals surface area contributed by atoms with Gasteiger partial charge in [0, 0.05) is 25.4 Å². The number of Topliss-reactive ketones (excluding diaryl/α,β-unsaturated/α-hetero) is 1. The van der Waals surface area contributed by atoms with E-state index in [9.17, 15) is 9.59 Å². The lowest BCUT2D eigenvalue weighted by atomic mass is 9.81. The van der Waals surface area contributed by atoms with Crippen molar-refractivity contribution in [3.63, 3.8) is 0 Å². The van der Waals surface area contributed by atoms with E-state index in [1.54, 1.807) is 0 Å². The fourth-order valence-electron chi connectivity index (χ4n) is 6.50. The minimum atomic E-state index is -0.830. The van der Waals surface area contributed by atoms with E-state index in [1.165, 1.54) is 18.2 Å². The minimum Gasteiger partial charge on any atom is -0.453 e. The predicted molar refractivity (Wildman–Crippen MR) is 184 cm³/mol. The van der Waals surface area contributed by atoms with Crippen molar-refractivity contribution in [2.24, 2.45) is 0 Å². The number of hydrogen-bond acceptors (Lipinski definition) is 6. The van der Waals surface area contributed by atoms with Crippen LogP contribution in [0, 0.1) is 13.8 Å². The Kier molecular flexibility index (Phi) is 10.1. The number of aryl methyl sites for hydroxylation is 3. The van der Waals surface area contributed by atoms with Crippen molar-refractivity contribution < 1.29 is 19.1 Å². The van der Waals surface area contributed by atoms with Crippen LogP contribution in [0.1, 0.15) is 57.6 Å². The van der Waals surface area contributed by atoms with Crippen molar-refractivity contribution in [2.45, 2.75) is 57.3 Å². The average molecular weight is 631 g/mol. The molecule has 47 heavy (non-hydrogen) atoms. The summed E-state index contributed by atoms with van der Waals surface area (Å²) in [5, 5.41) is 6.40. The zero-order valence-electron chi connectivity index (χ0n) is 27.2. The first kappa shape index (κ1) is 32.2. The second-order valence-corrected chi connectivity index (χ2v) is 12.3. The molecule has 0 unspecified atom stereocenters. The van der Waals surface area contributed by atoms with Gasteiger partial charge in [0.25, 0.3) is 0 Å². The number of alkyl carbamates (subject to hydrolysis) is 1. The first-order chi connectivity index (χ1) is 22.9. The molecule has 1 amide bonds. The highest BCUT2D eigenvalue weighted by atomic mass is 16.5. The lowest BCUT2D eigenvalue weighted by Gasteiger charge is -2.30. The molecule has 1 saturated heterocycles. The Labute approximate surface area is 275 Å². The summed E-state index contributed by atoms with van der Waals surface area (Å²) in [4.78, 5) is 35.1. The number of ketones is 1. The summed E-state index contributed by atoms with van der Waals surface area (Å²) in [5.74, 6) is 0.358. The molecule has 0 aliphatic carbocycles. The number of amides is 1. The first-order valence-corrected chi connectivity index (χ1v) is 16.3. The molecule has 0 radical (unpaired) electrons. The summed E-state index contributed by atoms with van der Waals surface area (Å²) >= 11 is 0. The quantitative estimate of drug-likeness (QED) is 0.154. The Morgan fingerprint density at radius 3 is 2.21 bits per heavy atom. The van der Waals surface area contributed by atoms with Crippen molar-refractivity contribution in [1.82, 2.24) is 20.6 Å².